The number of nitrogens with zero attached hydrogens (tertiary/aromatic N) is 2. The first-order chi connectivity index (χ1) is 13.0. The van der Waals surface area contributed by atoms with Crippen molar-refractivity contribution in [3.05, 3.63) is 24.3 Å². The summed E-state index contributed by atoms with van der Waals surface area (Å²) in [4.78, 5) is 16.0. The van der Waals surface area contributed by atoms with Crippen LogP contribution in [-0.2, 0) is 14.8 Å². The number of hydrogen-bond acceptors (Lipinski definition) is 4. The monoisotopic (exact) mass is 396 g/mol. The summed E-state index contributed by atoms with van der Waals surface area (Å²) in [6.07, 6.45) is 4.91. The van der Waals surface area contributed by atoms with E-state index in [0.717, 1.165) is 13.1 Å². The molecule has 0 saturated carbocycles. The zero-order valence-corrected chi connectivity index (χ0v) is 16.8. The fraction of sp³-hybridized carbons (Fsp3) is 0.632. The number of hydrogen-bond donors (Lipinski definition) is 1. The molecule has 1 amide bonds. The normalized spacial score (nSPS) is 20.3. The molecule has 0 spiro atoms. The van der Waals surface area contributed by atoms with Gasteiger partial charge in [-0.2, -0.15) is 4.31 Å². The molecule has 0 aliphatic carbocycles. The third-order valence-electron chi connectivity index (χ3n) is 5.50. The summed E-state index contributed by atoms with van der Waals surface area (Å²) < 4.78 is 32.1. The molecule has 1 aromatic carbocycles. The SMILES string of the molecule is COc1ccc(S(=O)(=O)N2CCN(C(=O)C[NH+]3CCCCCC3)CC2)cc1. The zero-order chi connectivity index (χ0) is 19.3. The summed E-state index contributed by atoms with van der Waals surface area (Å²) in [5, 5.41) is 0. The van der Waals surface area contributed by atoms with Crippen LogP contribution >= 0.6 is 0 Å². The van der Waals surface area contributed by atoms with Crippen molar-refractivity contribution in [2.75, 3.05) is 52.9 Å². The molecule has 0 aromatic heterocycles. The number of methoxy groups -OCH3 is 1. The van der Waals surface area contributed by atoms with E-state index < -0.39 is 10.0 Å². The van der Waals surface area contributed by atoms with Crippen molar-refractivity contribution in [1.29, 1.82) is 0 Å². The topological polar surface area (TPSA) is 71.4 Å². The average Bonchev–Trinajstić information content (AvgIpc) is 2.96. The molecular weight excluding hydrogens is 366 g/mol. The summed E-state index contributed by atoms with van der Waals surface area (Å²) >= 11 is 0. The minimum atomic E-state index is -3.53. The van der Waals surface area contributed by atoms with Gasteiger partial charge in [0, 0.05) is 26.2 Å². The number of rotatable bonds is 5. The summed E-state index contributed by atoms with van der Waals surface area (Å²) in [7, 11) is -1.98. The van der Waals surface area contributed by atoms with Crippen LogP contribution in [0.15, 0.2) is 29.2 Å². The van der Waals surface area contributed by atoms with E-state index in [1.807, 2.05) is 4.90 Å². The number of benzene rings is 1. The number of sulfonamides is 1. The Morgan fingerprint density at radius 1 is 1.00 bits per heavy atom. The molecule has 2 heterocycles. The van der Waals surface area contributed by atoms with Gasteiger partial charge >= 0.3 is 0 Å². The molecule has 2 saturated heterocycles. The largest absolute Gasteiger partial charge is 0.497 e. The number of nitrogens with one attached hydrogen (secondary N) is 1. The fourth-order valence-electron chi connectivity index (χ4n) is 3.81. The Bertz CT molecular complexity index is 720. The number of ether oxygens (including phenoxy) is 1. The van der Waals surface area contributed by atoms with Crippen LogP contribution < -0.4 is 9.64 Å². The van der Waals surface area contributed by atoms with Gasteiger partial charge in [0.2, 0.25) is 10.0 Å². The molecule has 7 nitrogen and oxygen atoms in total. The smallest absolute Gasteiger partial charge is 0.277 e. The second-order valence-corrected chi connectivity index (χ2v) is 9.24. The van der Waals surface area contributed by atoms with Gasteiger partial charge in [-0.3, -0.25) is 4.79 Å². The van der Waals surface area contributed by atoms with Crippen LogP contribution in [0.4, 0.5) is 0 Å². The van der Waals surface area contributed by atoms with E-state index >= 15 is 0 Å². The second-order valence-electron chi connectivity index (χ2n) is 7.30. The van der Waals surface area contributed by atoms with Crippen LogP contribution in [-0.4, -0.2) is 76.5 Å². The van der Waals surface area contributed by atoms with Crippen molar-refractivity contribution in [2.24, 2.45) is 0 Å². The molecule has 2 aliphatic heterocycles. The fourth-order valence-corrected chi connectivity index (χ4v) is 5.23. The highest BCUT2D eigenvalue weighted by atomic mass is 32.2. The number of quaternary nitrogens is 1. The van der Waals surface area contributed by atoms with E-state index in [4.69, 9.17) is 4.74 Å². The maximum absolute atomic E-state index is 12.8. The van der Waals surface area contributed by atoms with Crippen LogP contribution in [0.25, 0.3) is 0 Å². The highest BCUT2D eigenvalue weighted by molar-refractivity contribution is 7.89. The molecule has 8 heteroatoms. The first kappa shape index (κ1) is 20.1. The molecule has 27 heavy (non-hydrogen) atoms. The van der Waals surface area contributed by atoms with Crippen LogP contribution in [0.3, 0.4) is 0 Å². The average molecular weight is 397 g/mol. The molecule has 1 aromatic rings. The Labute approximate surface area is 161 Å². The maximum atomic E-state index is 12.8. The molecule has 0 bridgehead atoms. The Morgan fingerprint density at radius 2 is 1.59 bits per heavy atom. The van der Waals surface area contributed by atoms with Gasteiger partial charge < -0.3 is 14.5 Å². The van der Waals surface area contributed by atoms with E-state index in [1.165, 1.54) is 34.9 Å². The van der Waals surface area contributed by atoms with Crippen molar-refractivity contribution in [3.8, 4) is 5.75 Å². The van der Waals surface area contributed by atoms with Gasteiger partial charge in [0.05, 0.1) is 25.1 Å². The molecule has 0 atom stereocenters. The minimum Gasteiger partial charge on any atom is -0.497 e. The van der Waals surface area contributed by atoms with Gasteiger partial charge in [-0.15, -0.1) is 0 Å². The van der Waals surface area contributed by atoms with E-state index in [1.54, 1.807) is 31.4 Å². The third kappa shape index (κ3) is 5.00. The third-order valence-corrected chi connectivity index (χ3v) is 7.41. The van der Waals surface area contributed by atoms with Crippen molar-refractivity contribution in [2.45, 2.75) is 30.6 Å². The summed E-state index contributed by atoms with van der Waals surface area (Å²) in [6.45, 7) is 4.27. The van der Waals surface area contributed by atoms with Crippen LogP contribution in [0.5, 0.6) is 5.75 Å². The quantitative estimate of drug-likeness (QED) is 0.760. The van der Waals surface area contributed by atoms with Crippen molar-refractivity contribution in [3.63, 3.8) is 0 Å². The number of amides is 1. The summed E-state index contributed by atoms with van der Waals surface area (Å²) in [5.41, 5.74) is 0. The van der Waals surface area contributed by atoms with Crippen molar-refractivity contribution >= 4 is 15.9 Å². The minimum absolute atomic E-state index is 0.147. The van der Waals surface area contributed by atoms with Gasteiger partial charge in [-0.25, -0.2) is 8.42 Å². The van der Waals surface area contributed by atoms with Crippen LogP contribution in [0.2, 0.25) is 0 Å². The Balaban J connectivity index is 1.54. The van der Waals surface area contributed by atoms with Crippen molar-refractivity contribution < 1.29 is 22.8 Å². The second kappa shape index (κ2) is 9.03. The lowest BCUT2D eigenvalue weighted by Gasteiger charge is -2.34. The van der Waals surface area contributed by atoms with Gasteiger partial charge in [0.25, 0.3) is 5.91 Å². The Kier molecular flexibility index (Phi) is 6.73. The molecule has 3 rings (SSSR count). The molecule has 1 N–H and O–H groups in total. The molecule has 0 unspecified atom stereocenters. The molecular formula is C19H30N3O4S+. The lowest BCUT2D eigenvalue weighted by atomic mass is 10.2. The van der Waals surface area contributed by atoms with E-state index in [9.17, 15) is 13.2 Å². The van der Waals surface area contributed by atoms with Crippen LogP contribution in [0, 0.1) is 0 Å². The van der Waals surface area contributed by atoms with Gasteiger partial charge in [0.1, 0.15) is 5.75 Å². The number of carbonyl (C=O) groups is 1. The van der Waals surface area contributed by atoms with Gasteiger partial charge in [-0.05, 0) is 49.9 Å². The van der Waals surface area contributed by atoms with Gasteiger partial charge in [0.15, 0.2) is 6.54 Å². The van der Waals surface area contributed by atoms with Gasteiger partial charge in [-0.1, -0.05) is 0 Å². The van der Waals surface area contributed by atoms with E-state index in [-0.39, 0.29) is 10.8 Å². The number of likely N-dealkylation sites (tertiary alicyclic amines) is 1. The summed E-state index contributed by atoms with van der Waals surface area (Å²) in [5.74, 6) is 0.772. The van der Waals surface area contributed by atoms with E-state index in [2.05, 4.69) is 0 Å². The Hall–Kier alpha value is -1.64. The number of carbonyl (C=O) groups excluding carboxylic acids is 1. The van der Waals surface area contributed by atoms with Crippen LogP contribution in [0.1, 0.15) is 25.7 Å². The van der Waals surface area contributed by atoms with E-state index in [0.29, 0.717) is 38.5 Å². The molecule has 150 valence electrons. The molecule has 0 radical (unpaired) electrons. The highest BCUT2D eigenvalue weighted by Gasteiger charge is 2.31. The van der Waals surface area contributed by atoms with Crippen molar-refractivity contribution in [1.82, 2.24) is 9.21 Å². The predicted molar refractivity (Wildman–Crippen MR) is 102 cm³/mol. The molecule has 2 aliphatic rings. The lowest BCUT2D eigenvalue weighted by Crippen LogP contribution is -3.13. The first-order valence-corrected chi connectivity index (χ1v) is 11.2. The standard InChI is InChI=1S/C19H29N3O4S/c1-26-17-6-8-18(9-7-17)27(24,25)22-14-12-21(13-15-22)19(23)16-20-10-4-2-3-5-11-20/h6-9H,2-5,10-16H2,1H3/p+1. The molecule has 2 fully saturated rings. The Morgan fingerprint density at radius 3 is 2.15 bits per heavy atom. The zero-order valence-electron chi connectivity index (χ0n) is 16.0. The number of piperazine rings is 1. The summed E-state index contributed by atoms with van der Waals surface area (Å²) in [6, 6.07) is 6.43. The first-order valence-electron chi connectivity index (χ1n) is 9.76. The highest BCUT2D eigenvalue weighted by Crippen LogP contribution is 2.20. The predicted octanol–water partition coefficient (Wildman–Crippen LogP) is -0.0130. The lowest BCUT2D eigenvalue weighted by molar-refractivity contribution is -0.891. The maximum Gasteiger partial charge on any atom is 0.277 e.